The summed E-state index contributed by atoms with van der Waals surface area (Å²) >= 11 is 0. The second-order valence-corrected chi connectivity index (χ2v) is 6.33. The molecule has 0 aliphatic rings. The Balaban J connectivity index is 1.62. The second kappa shape index (κ2) is 11.1. The third-order valence-corrected chi connectivity index (χ3v) is 4.08. The minimum atomic E-state index is -0.735. The maximum absolute atomic E-state index is 11.9. The van der Waals surface area contributed by atoms with Crippen LogP contribution in [0.3, 0.4) is 0 Å². The van der Waals surface area contributed by atoms with Crippen LogP contribution in [0, 0.1) is 0 Å². The van der Waals surface area contributed by atoms with Crippen LogP contribution in [0.25, 0.3) is 0 Å². The average molecular weight is 370 g/mol. The predicted molar refractivity (Wildman–Crippen MR) is 102 cm³/mol. The number of hydrogen-bond donors (Lipinski definition) is 2. The first-order valence-corrected chi connectivity index (χ1v) is 8.98. The quantitative estimate of drug-likeness (QED) is 0.622. The highest BCUT2D eigenvalue weighted by molar-refractivity contribution is 5.76. The third-order valence-electron chi connectivity index (χ3n) is 4.08. The Morgan fingerprint density at radius 2 is 1.07 bits per heavy atom. The van der Waals surface area contributed by atoms with Gasteiger partial charge in [-0.05, 0) is 30.4 Å². The maximum Gasteiger partial charge on any atom is 0.323 e. The van der Waals surface area contributed by atoms with Crippen molar-refractivity contribution >= 4 is 11.9 Å². The third kappa shape index (κ3) is 7.60. The zero-order valence-corrected chi connectivity index (χ0v) is 15.3. The van der Waals surface area contributed by atoms with Crippen molar-refractivity contribution in [3.63, 3.8) is 0 Å². The summed E-state index contributed by atoms with van der Waals surface area (Å²) in [5.41, 5.74) is 13.5. The molecule has 0 aliphatic carbocycles. The van der Waals surface area contributed by atoms with Crippen LogP contribution in [0.2, 0.25) is 0 Å². The van der Waals surface area contributed by atoms with Crippen molar-refractivity contribution in [2.24, 2.45) is 11.5 Å². The lowest BCUT2D eigenvalue weighted by molar-refractivity contribution is -0.146. The Morgan fingerprint density at radius 1 is 0.704 bits per heavy atom. The molecule has 0 saturated carbocycles. The molecule has 2 unspecified atom stereocenters. The topological polar surface area (TPSA) is 105 Å². The fraction of sp³-hybridized carbons (Fsp3) is 0.333. The Kier molecular flexibility index (Phi) is 8.48. The number of carbonyl (C=O) groups excluding carboxylic acids is 2. The van der Waals surface area contributed by atoms with Gasteiger partial charge in [0.2, 0.25) is 0 Å². The Labute approximate surface area is 159 Å². The largest absolute Gasteiger partial charge is 0.460 e. The first kappa shape index (κ1) is 20.6. The average Bonchev–Trinajstić information content (AvgIpc) is 2.71. The van der Waals surface area contributed by atoms with Crippen molar-refractivity contribution in [3.8, 4) is 0 Å². The van der Waals surface area contributed by atoms with E-state index in [9.17, 15) is 9.59 Å². The van der Waals surface area contributed by atoms with Gasteiger partial charge in [0.05, 0.1) is 0 Å². The van der Waals surface area contributed by atoms with E-state index in [4.69, 9.17) is 20.9 Å². The SMILES string of the molecule is NC(CCCC(N)C(=O)OCc1ccccc1)C(=O)OCc1ccccc1. The van der Waals surface area contributed by atoms with Crippen molar-refractivity contribution in [2.45, 2.75) is 44.6 Å². The lowest BCUT2D eigenvalue weighted by Gasteiger charge is -2.14. The van der Waals surface area contributed by atoms with Crippen LogP contribution >= 0.6 is 0 Å². The number of esters is 2. The van der Waals surface area contributed by atoms with Gasteiger partial charge < -0.3 is 20.9 Å². The van der Waals surface area contributed by atoms with E-state index in [2.05, 4.69) is 0 Å². The zero-order chi connectivity index (χ0) is 19.5. The fourth-order valence-corrected chi connectivity index (χ4v) is 2.46. The Bertz CT molecular complexity index is 645. The molecule has 6 heteroatoms. The van der Waals surface area contributed by atoms with Crippen LogP contribution in [0.1, 0.15) is 30.4 Å². The Morgan fingerprint density at radius 3 is 1.44 bits per heavy atom. The van der Waals surface area contributed by atoms with E-state index in [1.165, 1.54) is 0 Å². The van der Waals surface area contributed by atoms with E-state index in [1.54, 1.807) is 0 Å². The molecule has 2 aromatic rings. The second-order valence-electron chi connectivity index (χ2n) is 6.33. The molecular formula is C21H26N2O4. The summed E-state index contributed by atoms with van der Waals surface area (Å²) in [5.74, 6) is -0.918. The number of benzene rings is 2. The van der Waals surface area contributed by atoms with E-state index in [0.29, 0.717) is 19.3 Å². The predicted octanol–water partition coefficient (Wildman–Crippen LogP) is 2.30. The number of carbonyl (C=O) groups is 2. The Hall–Kier alpha value is -2.70. The molecule has 0 aliphatic heterocycles. The van der Waals surface area contributed by atoms with Gasteiger partial charge in [-0.2, -0.15) is 0 Å². The number of ether oxygens (including phenoxy) is 2. The fourth-order valence-electron chi connectivity index (χ4n) is 2.46. The van der Waals surface area contributed by atoms with E-state index in [0.717, 1.165) is 11.1 Å². The van der Waals surface area contributed by atoms with E-state index < -0.39 is 24.0 Å². The summed E-state index contributed by atoms with van der Waals surface area (Å²) in [7, 11) is 0. The monoisotopic (exact) mass is 370 g/mol. The van der Waals surface area contributed by atoms with Gasteiger partial charge in [0.1, 0.15) is 25.3 Å². The summed E-state index contributed by atoms with van der Waals surface area (Å²) in [4.78, 5) is 23.8. The van der Waals surface area contributed by atoms with Gasteiger partial charge in [0.25, 0.3) is 0 Å². The van der Waals surface area contributed by atoms with Gasteiger partial charge in [0.15, 0.2) is 0 Å². The molecule has 0 aromatic heterocycles. The van der Waals surface area contributed by atoms with Gasteiger partial charge in [-0.3, -0.25) is 9.59 Å². The molecule has 2 aromatic carbocycles. The highest BCUT2D eigenvalue weighted by Crippen LogP contribution is 2.08. The molecule has 0 fully saturated rings. The minimum absolute atomic E-state index is 0.193. The lowest BCUT2D eigenvalue weighted by Crippen LogP contribution is -2.35. The first-order valence-electron chi connectivity index (χ1n) is 8.98. The standard InChI is InChI=1S/C21H26N2O4/c22-18(20(24)26-14-16-8-3-1-4-9-16)12-7-13-19(23)21(25)27-15-17-10-5-2-6-11-17/h1-6,8-11,18-19H,7,12-15,22-23H2. The molecule has 6 nitrogen and oxygen atoms in total. The van der Waals surface area contributed by atoms with Crippen molar-refractivity contribution in [3.05, 3.63) is 71.8 Å². The van der Waals surface area contributed by atoms with Crippen LogP contribution in [0.4, 0.5) is 0 Å². The molecule has 0 bridgehead atoms. The summed E-state index contributed by atoms with van der Waals surface area (Å²) in [5, 5.41) is 0. The summed E-state index contributed by atoms with van der Waals surface area (Å²) in [6.45, 7) is 0.386. The van der Waals surface area contributed by atoms with Gasteiger partial charge in [-0.25, -0.2) is 0 Å². The lowest BCUT2D eigenvalue weighted by atomic mass is 10.1. The van der Waals surface area contributed by atoms with E-state index in [-0.39, 0.29) is 13.2 Å². The van der Waals surface area contributed by atoms with Gasteiger partial charge in [-0.1, -0.05) is 60.7 Å². The smallest absolute Gasteiger partial charge is 0.323 e. The molecule has 4 N–H and O–H groups in total. The maximum atomic E-state index is 11.9. The van der Waals surface area contributed by atoms with Crippen molar-refractivity contribution in [2.75, 3.05) is 0 Å². The zero-order valence-electron chi connectivity index (χ0n) is 15.3. The molecule has 2 rings (SSSR count). The molecule has 0 spiro atoms. The summed E-state index contributed by atoms with van der Waals surface area (Å²) in [6.07, 6.45) is 1.32. The highest BCUT2D eigenvalue weighted by Gasteiger charge is 2.18. The summed E-state index contributed by atoms with van der Waals surface area (Å²) < 4.78 is 10.4. The number of nitrogens with two attached hydrogens (primary N) is 2. The van der Waals surface area contributed by atoms with Crippen molar-refractivity contribution in [1.82, 2.24) is 0 Å². The molecule has 0 radical (unpaired) electrons. The minimum Gasteiger partial charge on any atom is -0.460 e. The van der Waals surface area contributed by atoms with Crippen LogP contribution < -0.4 is 11.5 Å². The van der Waals surface area contributed by atoms with E-state index >= 15 is 0 Å². The van der Waals surface area contributed by atoms with Crippen LogP contribution in [-0.2, 0) is 32.3 Å². The molecule has 2 atom stereocenters. The molecule has 0 heterocycles. The van der Waals surface area contributed by atoms with Crippen molar-refractivity contribution < 1.29 is 19.1 Å². The van der Waals surface area contributed by atoms with Crippen molar-refractivity contribution in [1.29, 1.82) is 0 Å². The first-order chi connectivity index (χ1) is 13.1. The normalized spacial score (nSPS) is 12.8. The molecule has 144 valence electrons. The van der Waals surface area contributed by atoms with Crippen LogP contribution in [0.5, 0.6) is 0 Å². The molecule has 0 saturated heterocycles. The van der Waals surface area contributed by atoms with Crippen LogP contribution in [0.15, 0.2) is 60.7 Å². The molecule has 0 amide bonds. The van der Waals surface area contributed by atoms with Gasteiger partial charge >= 0.3 is 11.9 Å². The number of hydrogen-bond acceptors (Lipinski definition) is 6. The van der Waals surface area contributed by atoms with Gasteiger partial charge in [-0.15, -0.1) is 0 Å². The number of rotatable bonds is 10. The van der Waals surface area contributed by atoms with Crippen LogP contribution in [-0.4, -0.2) is 24.0 Å². The highest BCUT2D eigenvalue weighted by atomic mass is 16.5. The van der Waals surface area contributed by atoms with Gasteiger partial charge in [0, 0.05) is 0 Å². The molecular weight excluding hydrogens is 344 g/mol. The molecule has 27 heavy (non-hydrogen) atoms. The summed E-state index contributed by atoms with van der Waals surface area (Å²) in [6, 6.07) is 17.3. The van der Waals surface area contributed by atoms with E-state index in [1.807, 2.05) is 60.7 Å².